The van der Waals surface area contributed by atoms with Crippen molar-refractivity contribution < 1.29 is 0 Å². The van der Waals surface area contributed by atoms with E-state index in [2.05, 4.69) is 29.4 Å². The first-order valence-electron chi connectivity index (χ1n) is 6.16. The van der Waals surface area contributed by atoms with E-state index in [4.69, 9.17) is 0 Å². The van der Waals surface area contributed by atoms with Gasteiger partial charge in [-0.15, -0.1) is 0 Å². The van der Waals surface area contributed by atoms with Gasteiger partial charge in [-0.25, -0.2) is 0 Å². The van der Waals surface area contributed by atoms with Gasteiger partial charge in [0.1, 0.15) is 0 Å². The van der Waals surface area contributed by atoms with E-state index in [1.165, 1.54) is 42.6 Å². The molecule has 2 atom stereocenters. The molecule has 0 amide bonds. The first kappa shape index (κ1) is 10.0. The van der Waals surface area contributed by atoms with E-state index >= 15 is 0 Å². The third kappa shape index (κ3) is 1.78. The molecule has 0 bridgehead atoms. The maximum Gasteiger partial charge on any atom is 0.0343 e. The van der Waals surface area contributed by atoms with Crippen molar-refractivity contribution in [3.63, 3.8) is 0 Å². The number of hydrogen-bond acceptors (Lipinski definition) is 2. The van der Waals surface area contributed by atoms with Crippen LogP contribution in [0.4, 0.5) is 0 Å². The van der Waals surface area contributed by atoms with Gasteiger partial charge in [-0.05, 0) is 67.5 Å². The summed E-state index contributed by atoms with van der Waals surface area (Å²) in [6, 6.07) is 2.25. The lowest BCUT2D eigenvalue weighted by Gasteiger charge is -2.25. The van der Waals surface area contributed by atoms with Crippen molar-refractivity contribution in [2.75, 3.05) is 13.1 Å². The summed E-state index contributed by atoms with van der Waals surface area (Å²) in [7, 11) is 0. The Hall–Kier alpha value is -1.15. The lowest BCUT2D eigenvalue weighted by molar-refractivity contribution is 0.324. The molecule has 2 nitrogen and oxygen atoms in total. The van der Waals surface area contributed by atoms with E-state index in [0.29, 0.717) is 0 Å². The summed E-state index contributed by atoms with van der Waals surface area (Å²) >= 11 is 0. The highest BCUT2D eigenvalue weighted by atomic mass is 14.9. The Kier molecular flexibility index (Phi) is 2.52. The average Bonchev–Trinajstić information content (AvgIpc) is 2.72. The van der Waals surface area contributed by atoms with Gasteiger partial charge < -0.3 is 5.32 Å². The second kappa shape index (κ2) is 4.02. The predicted octanol–water partition coefficient (Wildman–Crippen LogP) is 2.40. The van der Waals surface area contributed by atoms with Gasteiger partial charge in [0.15, 0.2) is 0 Å². The van der Waals surface area contributed by atoms with E-state index < -0.39 is 0 Å². The molecule has 84 valence electrons. The molecule has 0 saturated carbocycles. The van der Waals surface area contributed by atoms with Crippen molar-refractivity contribution in [2.24, 2.45) is 11.8 Å². The fraction of sp³-hybridized carbons (Fsp3) is 0.500. The maximum absolute atomic E-state index is 4.29. The van der Waals surface area contributed by atoms with Crippen LogP contribution >= 0.6 is 0 Å². The third-order valence-electron chi connectivity index (χ3n) is 3.81. The number of hydrogen-bond donors (Lipinski definition) is 1. The smallest absolute Gasteiger partial charge is 0.0343 e. The van der Waals surface area contributed by atoms with Gasteiger partial charge in [-0.2, -0.15) is 0 Å². The zero-order valence-electron chi connectivity index (χ0n) is 9.74. The Balaban J connectivity index is 1.86. The molecular formula is C14H18N2. The molecule has 0 unspecified atom stereocenters. The normalized spacial score (nSPS) is 28.7. The van der Waals surface area contributed by atoms with E-state index in [0.717, 1.165) is 11.8 Å². The highest BCUT2D eigenvalue weighted by molar-refractivity contribution is 5.68. The number of pyridine rings is 1. The minimum Gasteiger partial charge on any atom is -0.316 e. The number of nitrogens with zero attached hydrogens (tertiary/aromatic N) is 1. The SMILES string of the molecule is Cc1cncc(C2=C[C@@H]3CCNC[C@@H]3C2)c1. The zero-order chi connectivity index (χ0) is 11.0. The predicted molar refractivity (Wildman–Crippen MR) is 66.0 cm³/mol. The first-order chi connectivity index (χ1) is 7.83. The fourth-order valence-corrected chi connectivity index (χ4v) is 2.94. The van der Waals surface area contributed by atoms with Gasteiger partial charge >= 0.3 is 0 Å². The number of rotatable bonds is 1. The van der Waals surface area contributed by atoms with E-state index in [1.54, 1.807) is 0 Å². The number of aromatic nitrogens is 1. The highest BCUT2D eigenvalue weighted by Crippen LogP contribution is 2.38. The summed E-state index contributed by atoms with van der Waals surface area (Å²) < 4.78 is 0. The van der Waals surface area contributed by atoms with Crippen LogP contribution in [-0.4, -0.2) is 18.1 Å². The molecule has 1 aliphatic carbocycles. The van der Waals surface area contributed by atoms with Gasteiger partial charge in [0, 0.05) is 12.4 Å². The van der Waals surface area contributed by atoms with Crippen LogP contribution in [0, 0.1) is 18.8 Å². The molecule has 3 rings (SSSR count). The van der Waals surface area contributed by atoms with Gasteiger partial charge in [-0.1, -0.05) is 6.08 Å². The molecule has 2 aliphatic rings. The van der Waals surface area contributed by atoms with Crippen LogP contribution in [0.5, 0.6) is 0 Å². The summed E-state index contributed by atoms with van der Waals surface area (Å²) in [6.45, 7) is 4.47. The average molecular weight is 214 g/mol. The summed E-state index contributed by atoms with van der Waals surface area (Å²) in [5, 5.41) is 3.49. The lowest BCUT2D eigenvalue weighted by atomic mass is 9.89. The zero-order valence-corrected chi connectivity index (χ0v) is 9.74. The van der Waals surface area contributed by atoms with Crippen molar-refractivity contribution in [2.45, 2.75) is 19.8 Å². The Morgan fingerprint density at radius 1 is 1.38 bits per heavy atom. The highest BCUT2D eigenvalue weighted by Gasteiger charge is 2.29. The van der Waals surface area contributed by atoms with Gasteiger partial charge in [0.05, 0.1) is 0 Å². The molecule has 2 heteroatoms. The lowest BCUT2D eigenvalue weighted by Crippen LogP contribution is -2.33. The quantitative estimate of drug-likeness (QED) is 0.776. The molecule has 1 aromatic heterocycles. The fourth-order valence-electron chi connectivity index (χ4n) is 2.94. The van der Waals surface area contributed by atoms with Crippen LogP contribution in [0.25, 0.3) is 5.57 Å². The van der Waals surface area contributed by atoms with Crippen LogP contribution in [0.3, 0.4) is 0 Å². The summed E-state index contributed by atoms with van der Waals surface area (Å²) in [6.07, 6.45) is 8.94. The Morgan fingerprint density at radius 3 is 3.12 bits per heavy atom. The minimum atomic E-state index is 0.803. The maximum atomic E-state index is 4.29. The topological polar surface area (TPSA) is 24.9 Å². The monoisotopic (exact) mass is 214 g/mol. The number of fused-ring (bicyclic) bond motifs is 1. The van der Waals surface area contributed by atoms with Gasteiger partial charge in [0.25, 0.3) is 0 Å². The molecular weight excluding hydrogens is 196 g/mol. The number of allylic oxidation sites excluding steroid dienone is 2. The summed E-state index contributed by atoms with van der Waals surface area (Å²) in [5.41, 5.74) is 4.09. The van der Waals surface area contributed by atoms with E-state index in [9.17, 15) is 0 Å². The molecule has 1 saturated heterocycles. The molecule has 1 aliphatic heterocycles. The third-order valence-corrected chi connectivity index (χ3v) is 3.81. The van der Waals surface area contributed by atoms with Crippen molar-refractivity contribution in [3.8, 4) is 0 Å². The Bertz CT molecular complexity index is 422. The minimum absolute atomic E-state index is 0.803. The van der Waals surface area contributed by atoms with Crippen LogP contribution in [0.15, 0.2) is 24.5 Å². The molecule has 0 spiro atoms. The van der Waals surface area contributed by atoms with Crippen LogP contribution in [0.1, 0.15) is 24.0 Å². The molecule has 2 heterocycles. The standard InChI is InChI=1S/C14H18N2/c1-10-4-13(9-16-7-10)12-5-11-2-3-15-8-14(11)6-12/h4-5,7,9,11,14-15H,2-3,6,8H2,1H3/t11-,14-/m0/s1. The molecule has 1 fully saturated rings. The van der Waals surface area contributed by atoms with Crippen LogP contribution in [0.2, 0.25) is 0 Å². The van der Waals surface area contributed by atoms with Crippen molar-refractivity contribution >= 4 is 5.57 Å². The summed E-state index contributed by atoms with van der Waals surface area (Å²) in [4.78, 5) is 4.29. The second-order valence-electron chi connectivity index (χ2n) is 5.06. The van der Waals surface area contributed by atoms with Gasteiger partial charge in [-0.3, -0.25) is 4.98 Å². The van der Waals surface area contributed by atoms with Crippen molar-refractivity contribution in [3.05, 3.63) is 35.7 Å². The van der Waals surface area contributed by atoms with E-state index in [1.807, 2.05) is 12.4 Å². The van der Waals surface area contributed by atoms with Gasteiger partial charge in [0.2, 0.25) is 0 Å². The molecule has 0 radical (unpaired) electrons. The number of aryl methyl sites for hydroxylation is 1. The number of nitrogens with one attached hydrogen (secondary N) is 1. The van der Waals surface area contributed by atoms with Crippen molar-refractivity contribution in [1.82, 2.24) is 10.3 Å². The molecule has 0 aromatic carbocycles. The Morgan fingerprint density at radius 2 is 2.31 bits per heavy atom. The van der Waals surface area contributed by atoms with Crippen LogP contribution in [-0.2, 0) is 0 Å². The molecule has 16 heavy (non-hydrogen) atoms. The molecule has 1 aromatic rings. The largest absolute Gasteiger partial charge is 0.316 e. The second-order valence-corrected chi connectivity index (χ2v) is 5.06. The number of piperidine rings is 1. The van der Waals surface area contributed by atoms with E-state index in [-0.39, 0.29) is 0 Å². The van der Waals surface area contributed by atoms with Crippen molar-refractivity contribution in [1.29, 1.82) is 0 Å². The van der Waals surface area contributed by atoms with Crippen LogP contribution < -0.4 is 5.32 Å². The summed E-state index contributed by atoms with van der Waals surface area (Å²) in [5.74, 6) is 1.63. The molecule has 1 N–H and O–H groups in total. The first-order valence-corrected chi connectivity index (χ1v) is 6.16. The Labute approximate surface area is 96.8 Å².